The minimum Gasteiger partial charge on any atom is -0.465 e. The minimum absolute atomic E-state index is 0.302. The standard InChI is InChI=1S/C22H21NO2/c1-25-22(24)19-15-12-17(13-16-19)11-14-18-7-5-6-10-21(18)23-20-8-3-2-4-9-20/h2-10,12-13,15-16,23H,11,14H2,1H3. The number of carbonyl (C=O) groups excluding carboxylic acids is 1. The molecule has 0 amide bonds. The van der Waals surface area contributed by atoms with E-state index in [-0.39, 0.29) is 5.97 Å². The van der Waals surface area contributed by atoms with Gasteiger partial charge in [-0.3, -0.25) is 0 Å². The summed E-state index contributed by atoms with van der Waals surface area (Å²) < 4.78 is 4.73. The maximum Gasteiger partial charge on any atom is 0.337 e. The Morgan fingerprint density at radius 1 is 0.840 bits per heavy atom. The van der Waals surface area contributed by atoms with Gasteiger partial charge >= 0.3 is 5.97 Å². The second kappa shape index (κ2) is 8.15. The molecule has 0 aromatic heterocycles. The molecule has 0 atom stereocenters. The first-order valence-corrected chi connectivity index (χ1v) is 8.33. The molecule has 3 aromatic carbocycles. The van der Waals surface area contributed by atoms with E-state index in [1.165, 1.54) is 18.2 Å². The summed E-state index contributed by atoms with van der Waals surface area (Å²) >= 11 is 0. The van der Waals surface area contributed by atoms with Crippen molar-refractivity contribution in [3.63, 3.8) is 0 Å². The topological polar surface area (TPSA) is 38.3 Å². The van der Waals surface area contributed by atoms with Crippen LogP contribution in [0.15, 0.2) is 78.9 Å². The maximum atomic E-state index is 11.5. The van der Waals surface area contributed by atoms with Gasteiger partial charge in [0.1, 0.15) is 0 Å². The lowest BCUT2D eigenvalue weighted by atomic mass is 10.0. The third kappa shape index (κ3) is 4.48. The molecule has 25 heavy (non-hydrogen) atoms. The zero-order valence-corrected chi connectivity index (χ0v) is 14.2. The van der Waals surface area contributed by atoms with Gasteiger partial charge < -0.3 is 10.1 Å². The Morgan fingerprint density at radius 2 is 1.52 bits per heavy atom. The largest absolute Gasteiger partial charge is 0.465 e. The highest BCUT2D eigenvalue weighted by atomic mass is 16.5. The van der Waals surface area contributed by atoms with Gasteiger partial charge in [-0.15, -0.1) is 0 Å². The number of carbonyl (C=O) groups is 1. The summed E-state index contributed by atoms with van der Waals surface area (Å²) in [5, 5.41) is 3.48. The van der Waals surface area contributed by atoms with Crippen LogP contribution in [0.25, 0.3) is 0 Å². The van der Waals surface area contributed by atoms with Crippen molar-refractivity contribution in [3.8, 4) is 0 Å². The Morgan fingerprint density at radius 3 is 2.24 bits per heavy atom. The highest BCUT2D eigenvalue weighted by Gasteiger charge is 2.06. The van der Waals surface area contributed by atoms with Crippen molar-refractivity contribution in [1.82, 2.24) is 0 Å². The Hall–Kier alpha value is -3.07. The number of aryl methyl sites for hydroxylation is 2. The van der Waals surface area contributed by atoms with E-state index in [0.717, 1.165) is 24.2 Å². The zero-order chi connectivity index (χ0) is 17.5. The van der Waals surface area contributed by atoms with Crippen LogP contribution >= 0.6 is 0 Å². The Labute approximate surface area is 148 Å². The molecule has 0 aliphatic carbocycles. The lowest BCUT2D eigenvalue weighted by Crippen LogP contribution is -2.01. The summed E-state index contributed by atoms with van der Waals surface area (Å²) in [5.74, 6) is -0.302. The van der Waals surface area contributed by atoms with E-state index in [2.05, 4.69) is 35.6 Å². The predicted octanol–water partition coefficient (Wildman–Crippen LogP) is 5.00. The summed E-state index contributed by atoms with van der Waals surface area (Å²) in [7, 11) is 1.40. The van der Waals surface area contributed by atoms with Crippen molar-refractivity contribution < 1.29 is 9.53 Å². The molecule has 0 saturated heterocycles. The number of ether oxygens (including phenoxy) is 1. The van der Waals surface area contributed by atoms with Gasteiger partial charge in [0, 0.05) is 11.4 Å². The average Bonchev–Trinajstić information content (AvgIpc) is 2.68. The predicted molar refractivity (Wildman–Crippen MR) is 101 cm³/mol. The van der Waals surface area contributed by atoms with Crippen LogP contribution < -0.4 is 5.32 Å². The van der Waals surface area contributed by atoms with Crippen molar-refractivity contribution in [3.05, 3.63) is 95.6 Å². The van der Waals surface area contributed by atoms with Crippen LogP contribution in [-0.4, -0.2) is 13.1 Å². The first-order valence-electron chi connectivity index (χ1n) is 8.33. The van der Waals surface area contributed by atoms with E-state index in [1.54, 1.807) is 0 Å². The van der Waals surface area contributed by atoms with Gasteiger partial charge in [0.15, 0.2) is 0 Å². The molecule has 1 N–H and O–H groups in total. The summed E-state index contributed by atoms with van der Waals surface area (Å²) in [4.78, 5) is 11.5. The third-order valence-electron chi connectivity index (χ3n) is 4.13. The fraction of sp³-hybridized carbons (Fsp3) is 0.136. The Bertz CT molecular complexity index is 826. The zero-order valence-electron chi connectivity index (χ0n) is 14.2. The Balaban J connectivity index is 1.68. The van der Waals surface area contributed by atoms with Crippen LogP contribution in [0.1, 0.15) is 21.5 Å². The Kier molecular flexibility index (Phi) is 5.47. The van der Waals surface area contributed by atoms with Crippen LogP contribution in [0.2, 0.25) is 0 Å². The number of nitrogens with one attached hydrogen (secondary N) is 1. The number of para-hydroxylation sites is 2. The number of benzene rings is 3. The molecule has 3 heteroatoms. The van der Waals surface area contributed by atoms with Crippen LogP contribution in [-0.2, 0) is 17.6 Å². The number of methoxy groups -OCH3 is 1. The molecule has 0 fully saturated rings. The number of anilines is 2. The van der Waals surface area contributed by atoms with Crippen molar-refractivity contribution in [2.75, 3.05) is 12.4 Å². The lowest BCUT2D eigenvalue weighted by molar-refractivity contribution is 0.0600. The highest BCUT2D eigenvalue weighted by Crippen LogP contribution is 2.22. The molecule has 0 saturated carbocycles. The molecule has 0 bridgehead atoms. The highest BCUT2D eigenvalue weighted by molar-refractivity contribution is 5.89. The maximum absolute atomic E-state index is 11.5. The van der Waals surface area contributed by atoms with E-state index in [9.17, 15) is 4.79 Å². The van der Waals surface area contributed by atoms with Gasteiger partial charge in [0.05, 0.1) is 12.7 Å². The molecule has 126 valence electrons. The quantitative estimate of drug-likeness (QED) is 0.646. The van der Waals surface area contributed by atoms with E-state index in [0.29, 0.717) is 5.56 Å². The third-order valence-corrected chi connectivity index (χ3v) is 4.13. The van der Waals surface area contributed by atoms with Crippen LogP contribution in [0.4, 0.5) is 11.4 Å². The second-order valence-electron chi connectivity index (χ2n) is 5.84. The van der Waals surface area contributed by atoms with Gasteiger partial charge in [-0.1, -0.05) is 48.5 Å². The second-order valence-corrected chi connectivity index (χ2v) is 5.84. The van der Waals surface area contributed by atoms with Crippen LogP contribution in [0.5, 0.6) is 0 Å². The van der Waals surface area contributed by atoms with E-state index >= 15 is 0 Å². The number of hydrogen-bond donors (Lipinski definition) is 1. The van der Waals surface area contributed by atoms with E-state index < -0.39 is 0 Å². The average molecular weight is 331 g/mol. The summed E-state index contributed by atoms with van der Waals surface area (Å²) in [6.07, 6.45) is 1.84. The van der Waals surface area contributed by atoms with Gasteiger partial charge in [-0.2, -0.15) is 0 Å². The lowest BCUT2D eigenvalue weighted by Gasteiger charge is -2.12. The molecule has 0 aliphatic heterocycles. The normalized spacial score (nSPS) is 10.3. The van der Waals surface area contributed by atoms with Crippen molar-refractivity contribution in [2.45, 2.75) is 12.8 Å². The first kappa shape index (κ1) is 16.8. The van der Waals surface area contributed by atoms with Gasteiger partial charge in [-0.05, 0) is 54.3 Å². The smallest absolute Gasteiger partial charge is 0.337 e. The molecular weight excluding hydrogens is 310 g/mol. The molecular formula is C22H21NO2. The first-order chi connectivity index (χ1) is 12.3. The van der Waals surface area contributed by atoms with Crippen molar-refractivity contribution in [2.24, 2.45) is 0 Å². The molecule has 3 nitrogen and oxygen atoms in total. The number of esters is 1. The molecule has 0 spiro atoms. The van der Waals surface area contributed by atoms with E-state index in [1.807, 2.05) is 48.5 Å². The molecule has 0 radical (unpaired) electrons. The fourth-order valence-electron chi connectivity index (χ4n) is 2.74. The number of hydrogen-bond acceptors (Lipinski definition) is 3. The summed E-state index contributed by atoms with van der Waals surface area (Å²) in [5.41, 5.74) is 5.25. The van der Waals surface area contributed by atoms with E-state index in [4.69, 9.17) is 4.74 Å². The fourth-order valence-corrected chi connectivity index (χ4v) is 2.74. The summed E-state index contributed by atoms with van der Waals surface area (Å²) in [6.45, 7) is 0. The van der Waals surface area contributed by atoms with Crippen LogP contribution in [0.3, 0.4) is 0 Å². The van der Waals surface area contributed by atoms with Gasteiger partial charge in [0.2, 0.25) is 0 Å². The molecule has 0 heterocycles. The minimum atomic E-state index is -0.302. The molecule has 0 aliphatic rings. The van der Waals surface area contributed by atoms with Gasteiger partial charge in [0.25, 0.3) is 0 Å². The molecule has 3 rings (SSSR count). The van der Waals surface area contributed by atoms with Crippen molar-refractivity contribution in [1.29, 1.82) is 0 Å². The van der Waals surface area contributed by atoms with Gasteiger partial charge in [-0.25, -0.2) is 4.79 Å². The van der Waals surface area contributed by atoms with Crippen molar-refractivity contribution >= 4 is 17.3 Å². The van der Waals surface area contributed by atoms with Crippen LogP contribution in [0, 0.1) is 0 Å². The summed E-state index contributed by atoms with van der Waals surface area (Å²) in [6, 6.07) is 26.1. The monoisotopic (exact) mass is 331 g/mol. The SMILES string of the molecule is COC(=O)c1ccc(CCc2ccccc2Nc2ccccc2)cc1. The molecule has 0 unspecified atom stereocenters. The number of rotatable bonds is 6. The molecule has 3 aromatic rings.